The molecule has 0 aliphatic heterocycles. The van der Waals surface area contributed by atoms with Crippen molar-refractivity contribution in [3.63, 3.8) is 0 Å². The van der Waals surface area contributed by atoms with Crippen molar-refractivity contribution in [1.29, 1.82) is 0 Å². The Balaban J connectivity index is 2.25. The molecule has 0 spiro atoms. The SMILES string of the molecule is CCC(c1ccccc1)C(O)Cc1c(F)ccc(Br)c1F. The normalized spacial score (nSPS) is 14.0. The highest BCUT2D eigenvalue weighted by molar-refractivity contribution is 9.10. The van der Waals surface area contributed by atoms with E-state index in [1.807, 2.05) is 37.3 Å². The molecule has 0 saturated heterocycles. The second-order valence-electron chi connectivity index (χ2n) is 5.02. The molecular weight excluding hydrogens is 338 g/mol. The van der Waals surface area contributed by atoms with Gasteiger partial charge in [-0.05, 0) is 40.0 Å². The van der Waals surface area contributed by atoms with Crippen molar-refractivity contribution in [2.75, 3.05) is 0 Å². The van der Waals surface area contributed by atoms with Crippen LogP contribution >= 0.6 is 15.9 Å². The Morgan fingerprint density at radius 1 is 1.10 bits per heavy atom. The van der Waals surface area contributed by atoms with Crippen molar-refractivity contribution in [3.05, 3.63) is 69.7 Å². The third kappa shape index (κ3) is 3.69. The van der Waals surface area contributed by atoms with Crippen molar-refractivity contribution in [1.82, 2.24) is 0 Å². The molecule has 2 aromatic rings. The summed E-state index contributed by atoms with van der Waals surface area (Å²) in [5, 5.41) is 10.4. The summed E-state index contributed by atoms with van der Waals surface area (Å²) in [6.07, 6.45) is -0.192. The Labute approximate surface area is 131 Å². The van der Waals surface area contributed by atoms with Gasteiger partial charge < -0.3 is 5.11 Å². The van der Waals surface area contributed by atoms with Gasteiger partial charge in [0, 0.05) is 17.9 Å². The minimum atomic E-state index is -0.837. The molecule has 21 heavy (non-hydrogen) atoms. The summed E-state index contributed by atoms with van der Waals surface area (Å²) < 4.78 is 28.0. The Bertz CT molecular complexity index is 601. The fraction of sp³-hybridized carbons (Fsp3) is 0.294. The molecule has 0 amide bonds. The molecule has 1 nitrogen and oxygen atoms in total. The molecule has 2 unspecified atom stereocenters. The number of hydrogen-bond acceptors (Lipinski definition) is 1. The van der Waals surface area contributed by atoms with Crippen molar-refractivity contribution in [2.45, 2.75) is 31.8 Å². The van der Waals surface area contributed by atoms with Gasteiger partial charge in [-0.3, -0.25) is 0 Å². The van der Waals surface area contributed by atoms with Gasteiger partial charge in [-0.2, -0.15) is 0 Å². The van der Waals surface area contributed by atoms with Gasteiger partial charge in [-0.1, -0.05) is 37.3 Å². The minimum absolute atomic E-state index is 0.0511. The zero-order valence-electron chi connectivity index (χ0n) is 11.7. The minimum Gasteiger partial charge on any atom is -0.392 e. The molecule has 0 aliphatic carbocycles. The molecule has 0 aliphatic rings. The standard InChI is InChI=1S/C17H17BrF2O/c1-2-12(11-6-4-3-5-7-11)16(21)10-13-15(19)9-8-14(18)17(13)20/h3-9,12,16,21H,2,10H2,1H3. The Hall–Kier alpha value is -1.26. The van der Waals surface area contributed by atoms with Crippen LogP contribution in [0.1, 0.15) is 30.4 Å². The summed E-state index contributed by atoms with van der Waals surface area (Å²) >= 11 is 3.05. The predicted octanol–water partition coefficient (Wildman–Crippen LogP) is 4.82. The first-order chi connectivity index (χ1) is 10.0. The molecule has 2 aromatic carbocycles. The van der Waals surface area contributed by atoms with Crippen LogP contribution in [0.2, 0.25) is 0 Å². The van der Waals surface area contributed by atoms with E-state index >= 15 is 0 Å². The maximum atomic E-state index is 14.0. The fourth-order valence-electron chi connectivity index (χ4n) is 2.54. The van der Waals surface area contributed by atoms with E-state index in [1.165, 1.54) is 12.1 Å². The first-order valence-corrected chi connectivity index (χ1v) is 7.69. The first kappa shape index (κ1) is 16.1. The highest BCUT2D eigenvalue weighted by Crippen LogP contribution is 2.29. The van der Waals surface area contributed by atoms with E-state index in [1.54, 1.807) is 0 Å². The van der Waals surface area contributed by atoms with Crippen LogP contribution in [0.3, 0.4) is 0 Å². The first-order valence-electron chi connectivity index (χ1n) is 6.90. The van der Waals surface area contributed by atoms with E-state index in [-0.39, 0.29) is 22.4 Å². The van der Waals surface area contributed by atoms with Crippen LogP contribution in [0.5, 0.6) is 0 Å². The van der Waals surface area contributed by atoms with Crippen LogP contribution in [0.15, 0.2) is 46.9 Å². The lowest BCUT2D eigenvalue weighted by Gasteiger charge is -2.22. The lowest BCUT2D eigenvalue weighted by molar-refractivity contribution is 0.138. The van der Waals surface area contributed by atoms with Crippen molar-refractivity contribution < 1.29 is 13.9 Å². The smallest absolute Gasteiger partial charge is 0.143 e. The van der Waals surface area contributed by atoms with E-state index in [2.05, 4.69) is 15.9 Å². The lowest BCUT2D eigenvalue weighted by atomic mass is 9.87. The topological polar surface area (TPSA) is 20.2 Å². The van der Waals surface area contributed by atoms with E-state index in [4.69, 9.17) is 0 Å². The molecule has 1 N–H and O–H groups in total. The Morgan fingerprint density at radius 2 is 1.76 bits per heavy atom. The van der Waals surface area contributed by atoms with E-state index in [0.29, 0.717) is 6.42 Å². The van der Waals surface area contributed by atoms with Crippen molar-refractivity contribution in [2.24, 2.45) is 0 Å². The lowest BCUT2D eigenvalue weighted by Crippen LogP contribution is -2.22. The molecule has 2 rings (SSSR count). The molecule has 0 heterocycles. The second-order valence-corrected chi connectivity index (χ2v) is 5.87. The highest BCUT2D eigenvalue weighted by atomic mass is 79.9. The Kier molecular flexibility index (Phi) is 5.48. The van der Waals surface area contributed by atoms with E-state index in [0.717, 1.165) is 5.56 Å². The predicted molar refractivity (Wildman–Crippen MR) is 83.2 cm³/mol. The van der Waals surface area contributed by atoms with Crippen LogP contribution < -0.4 is 0 Å². The average molecular weight is 355 g/mol. The number of aliphatic hydroxyl groups is 1. The largest absolute Gasteiger partial charge is 0.392 e. The van der Waals surface area contributed by atoms with Crippen LogP contribution in [-0.2, 0) is 6.42 Å². The summed E-state index contributed by atoms with van der Waals surface area (Å²) in [4.78, 5) is 0. The van der Waals surface area contributed by atoms with Gasteiger partial charge >= 0.3 is 0 Å². The van der Waals surface area contributed by atoms with Crippen molar-refractivity contribution in [3.8, 4) is 0 Å². The third-order valence-electron chi connectivity index (χ3n) is 3.68. The maximum Gasteiger partial charge on any atom is 0.143 e. The van der Waals surface area contributed by atoms with Gasteiger partial charge in [0.25, 0.3) is 0 Å². The summed E-state index contributed by atoms with van der Waals surface area (Å²) in [5.41, 5.74) is 0.898. The summed E-state index contributed by atoms with van der Waals surface area (Å²) in [5.74, 6) is -1.42. The van der Waals surface area contributed by atoms with Gasteiger partial charge in [0.1, 0.15) is 11.6 Å². The quantitative estimate of drug-likeness (QED) is 0.762. The van der Waals surface area contributed by atoms with Crippen LogP contribution in [0.4, 0.5) is 8.78 Å². The van der Waals surface area contributed by atoms with Crippen LogP contribution in [0.25, 0.3) is 0 Å². The zero-order valence-corrected chi connectivity index (χ0v) is 13.3. The number of aliphatic hydroxyl groups excluding tert-OH is 1. The number of rotatable bonds is 5. The van der Waals surface area contributed by atoms with Gasteiger partial charge in [-0.15, -0.1) is 0 Å². The van der Waals surface area contributed by atoms with E-state index < -0.39 is 17.7 Å². The van der Waals surface area contributed by atoms with Crippen LogP contribution in [-0.4, -0.2) is 11.2 Å². The monoisotopic (exact) mass is 354 g/mol. The third-order valence-corrected chi connectivity index (χ3v) is 4.30. The van der Waals surface area contributed by atoms with Crippen molar-refractivity contribution >= 4 is 15.9 Å². The molecule has 0 bridgehead atoms. The molecule has 0 aromatic heterocycles. The number of hydrogen-bond donors (Lipinski definition) is 1. The molecule has 0 fully saturated rings. The highest BCUT2D eigenvalue weighted by Gasteiger charge is 2.23. The molecule has 112 valence electrons. The van der Waals surface area contributed by atoms with Gasteiger partial charge in [-0.25, -0.2) is 8.78 Å². The van der Waals surface area contributed by atoms with E-state index in [9.17, 15) is 13.9 Å². The van der Waals surface area contributed by atoms with Gasteiger partial charge in [0.15, 0.2) is 0 Å². The Morgan fingerprint density at radius 3 is 2.38 bits per heavy atom. The average Bonchev–Trinajstić information content (AvgIpc) is 2.49. The molecule has 0 radical (unpaired) electrons. The molecule has 4 heteroatoms. The van der Waals surface area contributed by atoms with Gasteiger partial charge in [0.05, 0.1) is 10.6 Å². The summed E-state index contributed by atoms with van der Waals surface area (Å²) in [6.45, 7) is 1.95. The summed E-state index contributed by atoms with van der Waals surface area (Å²) in [7, 11) is 0. The molecule has 0 saturated carbocycles. The second kappa shape index (κ2) is 7.14. The number of halogens is 3. The number of benzene rings is 2. The van der Waals surface area contributed by atoms with Gasteiger partial charge in [0.2, 0.25) is 0 Å². The maximum absolute atomic E-state index is 14.0. The molecular formula is C17H17BrF2O. The zero-order chi connectivity index (χ0) is 15.4. The fourth-order valence-corrected chi connectivity index (χ4v) is 2.91. The van der Waals surface area contributed by atoms with Crippen LogP contribution in [0, 0.1) is 11.6 Å². The molecule has 2 atom stereocenters. The summed E-state index contributed by atoms with van der Waals surface area (Å²) in [6, 6.07) is 12.1.